The summed E-state index contributed by atoms with van der Waals surface area (Å²) >= 11 is 0. The highest BCUT2D eigenvalue weighted by molar-refractivity contribution is 5.68. The quantitative estimate of drug-likeness (QED) is 0.699. The molecule has 160 valence electrons. The molecule has 0 aromatic carbocycles. The molecule has 0 unspecified atom stereocenters. The lowest BCUT2D eigenvalue weighted by molar-refractivity contribution is 0.0126. The summed E-state index contributed by atoms with van der Waals surface area (Å²) in [5, 5.41) is 13.6. The molecule has 0 saturated carbocycles. The van der Waals surface area contributed by atoms with Crippen molar-refractivity contribution in [3.8, 4) is 17.5 Å². The monoisotopic (exact) mass is 422 g/mol. The van der Waals surface area contributed by atoms with Gasteiger partial charge >= 0.3 is 6.09 Å². The van der Waals surface area contributed by atoms with Crippen LogP contribution in [0.5, 0.6) is 5.75 Å². The first kappa shape index (κ1) is 21.8. The van der Waals surface area contributed by atoms with E-state index in [1.165, 1.54) is 24.4 Å². The third-order valence-corrected chi connectivity index (χ3v) is 4.48. The lowest BCUT2D eigenvalue weighted by atomic mass is 10.1. The maximum atomic E-state index is 12.5. The Bertz CT molecular complexity index is 1100. The van der Waals surface area contributed by atoms with Gasteiger partial charge in [-0.3, -0.25) is 4.79 Å². The Morgan fingerprint density at radius 1 is 1.32 bits per heavy atom. The van der Waals surface area contributed by atoms with Gasteiger partial charge in [0.25, 0.3) is 11.4 Å². The zero-order chi connectivity index (χ0) is 22.6. The Morgan fingerprint density at radius 2 is 2.03 bits per heavy atom. The van der Waals surface area contributed by atoms with Crippen molar-refractivity contribution in [2.24, 2.45) is 0 Å². The fraction of sp³-hybridized carbons (Fsp3) is 0.429. The van der Waals surface area contributed by atoms with Crippen molar-refractivity contribution in [1.82, 2.24) is 19.7 Å². The minimum Gasteiger partial charge on any atom is -0.487 e. The molecule has 1 aliphatic heterocycles. The predicted octanol–water partition coefficient (Wildman–Crippen LogP) is 2.83. The molecule has 3 rings (SSSR count). The number of carbonyl (C=O) groups is 1. The number of nitrogens with zero attached hydrogens (tertiary/aromatic N) is 6. The van der Waals surface area contributed by atoms with Crippen LogP contribution in [0.1, 0.15) is 39.3 Å². The minimum absolute atomic E-state index is 0.0385. The molecule has 1 saturated heterocycles. The summed E-state index contributed by atoms with van der Waals surface area (Å²) in [5.74, 6) is 0.292. The number of carbonyl (C=O) groups excluding carboxylic acids is 1. The average Bonchev–Trinajstić information content (AvgIpc) is 2.73. The van der Waals surface area contributed by atoms with E-state index in [0.717, 1.165) is 4.68 Å². The summed E-state index contributed by atoms with van der Waals surface area (Å²) in [6, 6.07) is 6.16. The van der Waals surface area contributed by atoms with E-state index in [2.05, 4.69) is 14.9 Å². The van der Waals surface area contributed by atoms with Gasteiger partial charge in [0.15, 0.2) is 5.75 Å². The highest BCUT2D eigenvalue weighted by Gasteiger charge is 2.28. The topological polar surface area (TPSA) is 115 Å². The third-order valence-electron chi connectivity index (χ3n) is 4.48. The number of pyridine rings is 1. The lowest BCUT2D eigenvalue weighted by Crippen LogP contribution is -2.44. The number of piperidine rings is 1. The molecule has 0 atom stereocenters. The molecule has 1 aliphatic rings. The van der Waals surface area contributed by atoms with Gasteiger partial charge in [-0.05, 0) is 32.9 Å². The van der Waals surface area contributed by atoms with Crippen molar-refractivity contribution < 1.29 is 14.3 Å². The first-order valence-electron chi connectivity index (χ1n) is 9.73. The molecule has 31 heavy (non-hydrogen) atoms. The standard InChI is InChI=1S/C21H22N6O4/c1-21(2,3)31-20(29)26-9-7-15(8-10-26)30-17-11-19(28)27(25-16(17)12-22)14-5-6-18(23-4)24-13-14/h5-6,11,13,15H,7-10H2,1-3H3. The molecule has 0 spiro atoms. The highest BCUT2D eigenvalue weighted by atomic mass is 16.6. The van der Waals surface area contributed by atoms with Crippen LogP contribution in [0.3, 0.4) is 0 Å². The van der Waals surface area contributed by atoms with Gasteiger partial charge in [0.2, 0.25) is 5.69 Å². The number of rotatable bonds is 3. The zero-order valence-electron chi connectivity index (χ0n) is 17.5. The van der Waals surface area contributed by atoms with E-state index in [9.17, 15) is 14.9 Å². The van der Waals surface area contributed by atoms with Gasteiger partial charge in [0.1, 0.15) is 29.7 Å². The molecule has 1 fully saturated rings. The fourth-order valence-electron chi connectivity index (χ4n) is 3.02. The normalized spacial score (nSPS) is 14.4. The zero-order valence-corrected chi connectivity index (χ0v) is 17.5. The largest absolute Gasteiger partial charge is 0.487 e. The number of nitriles is 1. The van der Waals surface area contributed by atoms with Gasteiger partial charge in [-0.25, -0.2) is 4.79 Å². The van der Waals surface area contributed by atoms with Gasteiger partial charge in [0.05, 0.1) is 6.07 Å². The molecular weight excluding hydrogens is 400 g/mol. The van der Waals surface area contributed by atoms with Crippen molar-refractivity contribution >= 4 is 11.9 Å². The molecule has 0 bridgehead atoms. The minimum atomic E-state index is -0.562. The Morgan fingerprint density at radius 3 is 2.58 bits per heavy atom. The van der Waals surface area contributed by atoms with Crippen molar-refractivity contribution in [2.45, 2.75) is 45.3 Å². The van der Waals surface area contributed by atoms with Crippen LogP contribution in [0.25, 0.3) is 10.5 Å². The predicted molar refractivity (Wildman–Crippen MR) is 110 cm³/mol. The molecule has 10 heteroatoms. The lowest BCUT2D eigenvalue weighted by Gasteiger charge is -2.33. The average molecular weight is 422 g/mol. The van der Waals surface area contributed by atoms with Crippen LogP contribution in [0, 0.1) is 17.9 Å². The van der Waals surface area contributed by atoms with Crippen LogP contribution in [-0.4, -0.2) is 50.6 Å². The number of hydrogen-bond acceptors (Lipinski definition) is 7. The SMILES string of the molecule is [C-]#[N+]c1ccc(-n2nc(C#N)c(OC3CCN(C(=O)OC(C)(C)C)CC3)cc2=O)cn1. The van der Waals surface area contributed by atoms with E-state index in [1.54, 1.807) is 4.90 Å². The summed E-state index contributed by atoms with van der Waals surface area (Å²) in [6.45, 7) is 13.3. The smallest absolute Gasteiger partial charge is 0.410 e. The molecule has 0 radical (unpaired) electrons. The maximum Gasteiger partial charge on any atom is 0.410 e. The first-order valence-corrected chi connectivity index (χ1v) is 9.73. The second-order valence-corrected chi connectivity index (χ2v) is 7.99. The molecule has 2 aromatic rings. The van der Waals surface area contributed by atoms with Gasteiger partial charge < -0.3 is 19.2 Å². The molecule has 0 N–H and O–H groups in total. The van der Waals surface area contributed by atoms with Gasteiger partial charge in [-0.2, -0.15) is 9.94 Å². The van der Waals surface area contributed by atoms with E-state index < -0.39 is 11.2 Å². The van der Waals surface area contributed by atoms with Crippen LogP contribution in [0.4, 0.5) is 10.6 Å². The maximum absolute atomic E-state index is 12.5. The van der Waals surface area contributed by atoms with E-state index >= 15 is 0 Å². The van der Waals surface area contributed by atoms with Crippen LogP contribution < -0.4 is 10.3 Å². The number of amides is 1. The molecule has 3 heterocycles. The van der Waals surface area contributed by atoms with Crippen LogP contribution in [0.2, 0.25) is 0 Å². The number of ether oxygens (including phenoxy) is 2. The Labute approximate surface area is 179 Å². The Hall–Kier alpha value is -3.92. The molecule has 10 nitrogen and oxygen atoms in total. The van der Waals surface area contributed by atoms with E-state index in [1.807, 2.05) is 26.8 Å². The van der Waals surface area contributed by atoms with Gasteiger partial charge in [0, 0.05) is 25.9 Å². The molecular formula is C21H22N6O4. The van der Waals surface area contributed by atoms with Crippen LogP contribution in [0.15, 0.2) is 29.2 Å². The highest BCUT2D eigenvalue weighted by Crippen LogP contribution is 2.22. The van der Waals surface area contributed by atoms with E-state index in [4.69, 9.17) is 16.0 Å². The number of aromatic nitrogens is 3. The van der Waals surface area contributed by atoms with Gasteiger partial charge in [-0.1, -0.05) is 6.57 Å². The molecule has 0 aliphatic carbocycles. The Kier molecular flexibility index (Phi) is 6.21. The third kappa shape index (κ3) is 5.37. The first-order chi connectivity index (χ1) is 14.7. The van der Waals surface area contributed by atoms with Crippen molar-refractivity contribution in [3.63, 3.8) is 0 Å². The number of likely N-dealkylation sites (tertiary alicyclic amines) is 1. The summed E-state index contributed by atoms with van der Waals surface area (Å²) in [7, 11) is 0. The summed E-state index contributed by atoms with van der Waals surface area (Å²) < 4.78 is 12.3. The molecule has 1 amide bonds. The summed E-state index contributed by atoms with van der Waals surface area (Å²) in [4.78, 5) is 33.5. The van der Waals surface area contributed by atoms with Crippen LogP contribution >= 0.6 is 0 Å². The number of hydrogen-bond donors (Lipinski definition) is 0. The van der Waals surface area contributed by atoms with E-state index in [0.29, 0.717) is 31.6 Å². The van der Waals surface area contributed by atoms with Crippen molar-refractivity contribution in [2.75, 3.05) is 13.1 Å². The second-order valence-electron chi connectivity index (χ2n) is 7.99. The Balaban J connectivity index is 1.71. The second kappa shape index (κ2) is 8.84. The van der Waals surface area contributed by atoms with Crippen molar-refractivity contribution in [1.29, 1.82) is 5.26 Å². The molecule has 2 aromatic heterocycles. The van der Waals surface area contributed by atoms with Crippen molar-refractivity contribution in [3.05, 3.63) is 51.9 Å². The summed E-state index contributed by atoms with van der Waals surface area (Å²) in [6.07, 6.45) is 1.79. The summed E-state index contributed by atoms with van der Waals surface area (Å²) in [5.41, 5.74) is -0.750. The van der Waals surface area contributed by atoms with Crippen LogP contribution in [-0.2, 0) is 4.74 Å². The van der Waals surface area contributed by atoms with Gasteiger partial charge in [-0.15, -0.1) is 10.1 Å². The van der Waals surface area contributed by atoms with E-state index in [-0.39, 0.29) is 29.5 Å². The fourth-order valence-corrected chi connectivity index (χ4v) is 3.02.